The molecule has 0 aliphatic heterocycles. The Hall–Kier alpha value is -2.09. The minimum absolute atomic E-state index is 0.531. The maximum atomic E-state index is 11.5. The number of hydrogen-bond donors (Lipinski definition) is 0. The Bertz CT molecular complexity index is 826. The van der Waals surface area contributed by atoms with Gasteiger partial charge in [-0.05, 0) is 34.9 Å². The molecule has 0 heterocycles. The highest BCUT2D eigenvalue weighted by Gasteiger charge is 2.10. The number of aldehydes is 1. The van der Waals surface area contributed by atoms with Gasteiger partial charge in [0.05, 0.1) is 0 Å². The van der Waals surface area contributed by atoms with Crippen LogP contribution in [0, 0.1) is 0 Å². The summed E-state index contributed by atoms with van der Waals surface area (Å²) in [6, 6.07) is 21.0. The van der Waals surface area contributed by atoms with E-state index in [2.05, 4.69) is 0 Å². The van der Waals surface area contributed by atoms with Gasteiger partial charge in [-0.25, -0.2) is 0 Å². The highest BCUT2D eigenvalue weighted by atomic mass is 35.5. The van der Waals surface area contributed by atoms with E-state index in [1.54, 1.807) is 12.1 Å². The van der Waals surface area contributed by atoms with Crippen LogP contribution >= 0.6 is 23.2 Å². The molecule has 3 aromatic rings. The van der Waals surface area contributed by atoms with E-state index >= 15 is 0 Å². The second kappa shape index (κ2) is 6.35. The zero-order chi connectivity index (χ0) is 15.5. The molecule has 0 aliphatic carbocycles. The molecule has 3 aromatic carbocycles. The first kappa shape index (κ1) is 14.8. The van der Waals surface area contributed by atoms with Gasteiger partial charge in [-0.2, -0.15) is 0 Å². The summed E-state index contributed by atoms with van der Waals surface area (Å²) in [7, 11) is 0. The third-order valence-corrected chi connectivity index (χ3v) is 4.05. The average molecular weight is 327 g/mol. The minimum atomic E-state index is 0.531. The second-order valence-electron chi connectivity index (χ2n) is 4.91. The van der Waals surface area contributed by atoms with Crippen LogP contribution in [0.5, 0.6) is 0 Å². The predicted octanol–water partition coefficient (Wildman–Crippen LogP) is 6.14. The molecule has 3 rings (SSSR count). The Kier molecular flexibility index (Phi) is 4.28. The fourth-order valence-corrected chi connectivity index (χ4v) is 2.93. The van der Waals surface area contributed by atoms with Gasteiger partial charge < -0.3 is 0 Å². The van der Waals surface area contributed by atoms with Crippen molar-refractivity contribution in [1.82, 2.24) is 0 Å². The molecule has 0 amide bonds. The highest BCUT2D eigenvalue weighted by Crippen LogP contribution is 2.34. The smallest absolute Gasteiger partial charge is 0.150 e. The molecule has 0 saturated carbocycles. The van der Waals surface area contributed by atoms with Gasteiger partial charge in [0.1, 0.15) is 0 Å². The summed E-state index contributed by atoms with van der Waals surface area (Å²) in [6.07, 6.45) is 0.854. The van der Waals surface area contributed by atoms with Crippen molar-refractivity contribution in [2.45, 2.75) is 0 Å². The van der Waals surface area contributed by atoms with E-state index in [0.29, 0.717) is 15.6 Å². The lowest BCUT2D eigenvalue weighted by atomic mass is 9.95. The minimum Gasteiger partial charge on any atom is -0.298 e. The van der Waals surface area contributed by atoms with E-state index < -0.39 is 0 Å². The van der Waals surface area contributed by atoms with Crippen LogP contribution in [0.15, 0.2) is 66.7 Å². The van der Waals surface area contributed by atoms with Crippen molar-refractivity contribution < 1.29 is 4.79 Å². The number of carbonyl (C=O) groups is 1. The summed E-state index contributed by atoms with van der Waals surface area (Å²) >= 11 is 12.2. The van der Waals surface area contributed by atoms with Crippen molar-refractivity contribution in [1.29, 1.82) is 0 Å². The first-order valence-corrected chi connectivity index (χ1v) is 7.55. The fourth-order valence-electron chi connectivity index (χ4n) is 2.42. The SMILES string of the molecule is O=Cc1cc(-c2ccccc2)ccc1-c1ccc(Cl)cc1Cl. The summed E-state index contributed by atoms with van der Waals surface area (Å²) in [5.41, 5.74) is 4.27. The van der Waals surface area contributed by atoms with Crippen LogP contribution in [0.25, 0.3) is 22.3 Å². The van der Waals surface area contributed by atoms with Crippen molar-refractivity contribution in [2.75, 3.05) is 0 Å². The molecule has 0 fully saturated rings. The van der Waals surface area contributed by atoms with Crippen molar-refractivity contribution in [2.24, 2.45) is 0 Å². The molecule has 0 N–H and O–H groups in total. The normalized spacial score (nSPS) is 10.5. The van der Waals surface area contributed by atoms with Crippen molar-refractivity contribution >= 4 is 29.5 Å². The van der Waals surface area contributed by atoms with E-state index in [1.807, 2.05) is 54.6 Å². The third-order valence-electron chi connectivity index (χ3n) is 3.51. The molecule has 0 saturated heterocycles. The Labute approximate surface area is 139 Å². The number of carbonyl (C=O) groups excluding carboxylic acids is 1. The van der Waals surface area contributed by atoms with Gasteiger partial charge in [0.25, 0.3) is 0 Å². The first-order valence-electron chi connectivity index (χ1n) is 6.79. The molecule has 0 aromatic heterocycles. The van der Waals surface area contributed by atoms with Crippen LogP contribution in [0.3, 0.4) is 0 Å². The lowest BCUT2D eigenvalue weighted by molar-refractivity contribution is 0.112. The molecule has 3 heteroatoms. The predicted molar refractivity (Wildman–Crippen MR) is 92.7 cm³/mol. The van der Waals surface area contributed by atoms with Crippen LogP contribution in [-0.4, -0.2) is 6.29 Å². The molecule has 1 nitrogen and oxygen atoms in total. The Balaban J connectivity index is 2.12. The van der Waals surface area contributed by atoms with Gasteiger partial charge >= 0.3 is 0 Å². The topological polar surface area (TPSA) is 17.1 Å². The van der Waals surface area contributed by atoms with Crippen LogP contribution in [0.4, 0.5) is 0 Å². The largest absolute Gasteiger partial charge is 0.298 e. The van der Waals surface area contributed by atoms with Crippen LogP contribution in [-0.2, 0) is 0 Å². The zero-order valence-corrected chi connectivity index (χ0v) is 13.1. The molecule has 0 radical (unpaired) electrons. The Morgan fingerprint density at radius 1 is 0.727 bits per heavy atom. The van der Waals surface area contributed by atoms with Crippen LogP contribution in [0.2, 0.25) is 10.0 Å². The monoisotopic (exact) mass is 326 g/mol. The first-order chi connectivity index (χ1) is 10.7. The van der Waals surface area contributed by atoms with Crippen molar-refractivity contribution in [3.05, 3.63) is 82.3 Å². The van der Waals surface area contributed by atoms with E-state index in [9.17, 15) is 4.79 Å². The molecule has 0 atom stereocenters. The quantitative estimate of drug-likeness (QED) is 0.528. The molecule has 0 spiro atoms. The maximum Gasteiger partial charge on any atom is 0.150 e. The van der Waals surface area contributed by atoms with E-state index in [1.165, 1.54) is 0 Å². The Morgan fingerprint density at radius 2 is 1.45 bits per heavy atom. The second-order valence-corrected chi connectivity index (χ2v) is 5.75. The lowest BCUT2D eigenvalue weighted by Gasteiger charge is -2.10. The summed E-state index contributed by atoms with van der Waals surface area (Å²) in [6.45, 7) is 0. The fraction of sp³-hybridized carbons (Fsp3) is 0. The van der Waals surface area contributed by atoms with Crippen LogP contribution in [0.1, 0.15) is 10.4 Å². The van der Waals surface area contributed by atoms with E-state index in [4.69, 9.17) is 23.2 Å². The number of hydrogen-bond acceptors (Lipinski definition) is 1. The number of rotatable bonds is 3. The van der Waals surface area contributed by atoms with Gasteiger partial charge in [0, 0.05) is 21.2 Å². The van der Waals surface area contributed by atoms with Crippen LogP contribution < -0.4 is 0 Å². The molecular formula is C19H12Cl2O. The molecule has 108 valence electrons. The van der Waals surface area contributed by atoms with Crippen molar-refractivity contribution in [3.8, 4) is 22.3 Å². The number of halogens is 2. The number of benzene rings is 3. The zero-order valence-electron chi connectivity index (χ0n) is 11.6. The lowest BCUT2D eigenvalue weighted by Crippen LogP contribution is -1.90. The standard InChI is InChI=1S/C19H12Cl2O/c20-16-7-9-18(19(21)11-16)17-8-6-14(10-15(17)12-22)13-4-2-1-3-5-13/h1-12H. The molecule has 0 unspecified atom stereocenters. The van der Waals surface area contributed by atoms with Gasteiger partial charge in [0.2, 0.25) is 0 Å². The van der Waals surface area contributed by atoms with E-state index in [-0.39, 0.29) is 0 Å². The van der Waals surface area contributed by atoms with E-state index in [0.717, 1.165) is 28.5 Å². The summed E-state index contributed by atoms with van der Waals surface area (Å²) in [5, 5.41) is 1.10. The molecule has 0 aliphatic rings. The van der Waals surface area contributed by atoms with Gasteiger partial charge in [0.15, 0.2) is 6.29 Å². The third kappa shape index (κ3) is 2.92. The Morgan fingerprint density at radius 3 is 2.14 bits per heavy atom. The maximum absolute atomic E-state index is 11.5. The van der Waals surface area contributed by atoms with Gasteiger partial charge in [-0.3, -0.25) is 4.79 Å². The average Bonchev–Trinajstić information content (AvgIpc) is 2.55. The molecule has 0 bridgehead atoms. The summed E-state index contributed by atoms with van der Waals surface area (Å²) in [4.78, 5) is 11.5. The van der Waals surface area contributed by atoms with Crippen molar-refractivity contribution in [3.63, 3.8) is 0 Å². The molecular weight excluding hydrogens is 315 g/mol. The van der Waals surface area contributed by atoms with Gasteiger partial charge in [-0.15, -0.1) is 0 Å². The highest BCUT2D eigenvalue weighted by molar-refractivity contribution is 6.36. The van der Waals surface area contributed by atoms with Gasteiger partial charge in [-0.1, -0.05) is 71.7 Å². The summed E-state index contributed by atoms with van der Waals surface area (Å²) in [5.74, 6) is 0. The summed E-state index contributed by atoms with van der Waals surface area (Å²) < 4.78 is 0. The molecule has 22 heavy (non-hydrogen) atoms.